The summed E-state index contributed by atoms with van der Waals surface area (Å²) in [6.45, 7) is 4.27. The Bertz CT molecular complexity index is 1150. The Labute approximate surface area is 177 Å². The lowest BCUT2D eigenvalue weighted by molar-refractivity contribution is -0.120. The summed E-state index contributed by atoms with van der Waals surface area (Å²) >= 11 is 1.18. The molecular weight excluding hydrogens is 403 g/mol. The zero-order valence-corrected chi connectivity index (χ0v) is 17.2. The van der Waals surface area contributed by atoms with Gasteiger partial charge in [-0.05, 0) is 43.2 Å². The zero-order chi connectivity index (χ0) is 21.3. The van der Waals surface area contributed by atoms with E-state index in [2.05, 4.69) is 20.1 Å². The lowest BCUT2D eigenvalue weighted by atomic mass is 10.1. The molecule has 1 aliphatic rings. The van der Waals surface area contributed by atoms with E-state index < -0.39 is 17.1 Å². The highest BCUT2D eigenvalue weighted by Crippen LogP contribution is 2.31. The summed E-state index contributed by atoms with van der Waals surface area (Å²) in [5.74, 6) is -0.983. The van der Waals surface area contributed by atoms with Crippen LogP contribution in [0.25, 0.3) is 11.3 Å². The van der Waals surface area contributed by atoms with E-state index in [4.69, 9.17) is 5.73 Å². The van der Waals surface area contributed by atoms with Crippen molar-refractivity contribution in [2.24, 2.45) is 10.8 Å². The number of carbonyl (C=O) groups excluding carboxylic acids is 1. The summed E-state index contributed by atoms with van der Waals surface area (Å²) in [6, 6.07) is 7.25. The molecule has 3 aromatic rings. The molecule has 1 unspecified atom stereocenters. The van der Waals surface area contributed by atoms with Crippen LogP contribution < -0.4 is 5.73 Å². The van der Waals surface area contributed by atoms with Gasteiger partial charge in [0.05, 0.1) is 18.4 Å². The molecule has 3 aromatic heterocycles. The summed E-state index contributed by atoms with van der Waals surface area (Å²) in [7, 11) is 0. The first-order valence-electron chi connectivity index (χ1n) is 9.21. The normalized spacial score (nSPS) is 15.9. The van der Waals surface area contributed by atoms with Gasteiger partial charge in [0, 0.05) is 35.4 Å². The SMILES string of the molecule is Cc1cc(-c2ncc(CN3N=C(c4cncc(F)c4)SC3C(N)=O)cc2C)ccn1. The highest BCUT2D eigenvalue weighted by atomic mass is 32.2. The molecule has 9 heteroatoms. The standard InChI is InChI=1S/C21H19FN6OS/c1-12-5-14(8-26-18(12)15-3-4-25-13(2)6-15)11-28-21(19(23)29)30-20(27-28)16-7-17(22)10-24-9-16/h3-10,21H,11H2,1-2H3,(H2,23,29). The van der Waals surface area contributed by atoms with Crippen molar-refractivity contribution < 1.29 is 9.18 Å². The lowest BCUT2D eigenvalue weighted by Gasteiger charge is -2.20. The maximum Gasteiger partial charge on any atom is 0.252 e. The van der Waals surface area contributed by atoms with Gasteiger partial charge in [-0.15, -0.1) is 0 Å². The van der Waals surface area contributed by atoms with Crippen LogP contribution in [-0.2, 0) is 11.3 Å². The lowest BCUT2D eigenvalue weighted by Crippen LogP contribution is -2.36. The third-order valence-corrected chi connectivity index (χ3v) is 5.80. The number of aryl methyl sites for hydroxylation is 2. The van der Waals surface area contributed by atoms with Crippen LogP contribution in [0.5, 0.6) is 0 Å². The fourth-order valence-electron chi connectivity index (χ4n) is 3.24. The molecule has 0 radical (unpaired) electrons. The van der Waals surface area contributed by atoms with E-state index in [1.165, 1.54) is 24.0 Å². The van der Waals surface area contributed by atoms with Gasteiger partial charge in [-0.2, -0.15) is 5.10 Å². The highest BCUT2D eigenvalue weighted by molar-refractivity contribution is 8.15. The van der Waals surface area contributed by atoms with E-state index in [1.54, 1.807) is 17.4 Å². The number of pyridine rings is 3. The van der Waals surface area contributed by atoms with Gasteiger partial charge in [0.25, 0.3) is 5.91 Å². The molecule has 0 aliphatic carbocycles. The van der Waals surface area contributed by atoms with Crippen LogP contribution in [0.3, 0.4) is 0 Å². The average Bonchev–Trinajstić information content (AvgIpc) is 3.12. The Hall–Kier alpha value is -3.33. The molecule has 1 aliphatic heterocycles. The molecule has 30 heavy (non-hydrogen) atoms. The first kappa shape index (κ1) is 20.0. The summed E-state index contributed by atoms with van der Waals surface area (Å²) in [6.07, 6.45) is 6.15. The Morgan fingerprint density at radius 2 is 2.00 bits per heavy atom. The molecule has 4 rings (SSSR count). The number of halogens is 1. The molecule has 152 valence electrons. The summed E-state index contributed by atoms with van der Waals surface area (Å²) in [4.78, 5) is 24.6. The van der Waals surface area contributed by atoms with Crippen molar-refractivity contribution in [3.8, 4) is 11.3 Å². The number of thioether (sulfide) groups is 1. The van der Waals surface area contributed by atoms with Crippen LogP contribution in [0.15, 0.2) is 54.2 Å². The number of hydrogen-bond acceptors (Lipinski definition) is 7. The molecule has 1 atom stereocenters. The maximum atomic E-state index is 13.5. The number of rotatable bonds is 5. The topological polar surface area (TPSA) is 97.4 Å². The van der Waals surface area contributed by atoms with Crippen molar-refractivity contribution in [3.05, 3.63) is 77.3 Å². The molecule has 0 fully saturated rings. The number of aromatic nitrogens is 3. The van der Waals surface area contributed by atoms with Crippen molar-refractivity contribution >= 4 is 22.7 Å². The average molecular weight is 422 g/mol. The van der Waals surface area contributed by atoms with E-state index in [1.807, 2.05) is 32.0 Å². The molecule has 2 N–H and O–H groups in total. The van der Waals surface area contributed by atoms with Crippen LogP contribution in [0, 0.1) is 19.7 Å². The number of primary amides is 1. The fraction of sp³-hybridized carbons (Fsp3) is 0.190. The Balaban J connectivity index is 1.60. The summed E-state index contributed by atoms with van der Waals surface area (Å²) < 4.78 is 13.5. The van der Waals surface area contributed by atoms with Crippen LogP contribution in [0.2, 0.25) is 0 Å². The Morgan fingerprint density at radius 3 is 2.70 bits per heavy atom. The van der Waals surface area contributed by atoms with E-state index in [0.717, 1.165) is 34.3 Å². The summed E-state index contributed by atoms with van der Waals surface area (Å²) in [5, 5.41) is 5.90. The first-order valence-corrected chi connectivity index (χ1v) is 10.1. The Morgan fingerprint density at radius 1 is 1.17 bits per heavy atom. The summed E-state index contributed by atoms with van der Waals surface area (Å²) in [5.41, 5.74) is 10.8. The number of amides is 1. The second-order valence-corrected chi connectivity index (χ2v) is 8.03. The Kier molecular flexibility index (Phi) is 5.45. The van der Waals surface area contributed by atoms with Gasteiger partial charge in [0.15, 0.2) is 5.37 Å². The van der Waals surface area contributed by atoms with Gasteiger partial charge < -0.3 is 5.73 Å². The van der Waals surface area contributed by atoms with Crippen molar-refractivity contribution in [2.75, 3.05) is 0 Å². The molecular formula is C21H19FN6OS. The van der Waals surface area contributed by atoms with Gasteiger partial charge in [-0.1, -0.05) is 17.8 Å². The molecule has 0 spiro atoms. The van der Waals surface area contributed by atoms with Gasteiger partial charge in [0.1, 0.15) is 10.9 Å². The van der Waals surface area contributed by atoms with E-state index in [0.29, 0.717) is 17.2 Å². The van der Waals surface area contributed by atoms with Crippen molar-refractivity contribution in [1.29, 1.82) is 0 Å². The zero-order valence-electron chi connectivity index (χ0n) is 16.4. The van der Waals surface area contributed by atoms with E-state index >= 15 is 0 Å². The molecule has 0 aromatic carbocycles. The quantitative estimate of drug-likeness (QED) is 0.679. The van der Waals surface area contributed by atoms with Crippen molar-refractivity contribution in [3.63, 3.8) is 0 Å². The van der Waals surface area contributed by atoms with E-state index in [9.17, 15) is 9.18 Å². The van der Waals surface area contributed by atoms with Gasteiger partial charge in [-0.3, -0.25) is 24.8 Å². The number of nitrogens with zero attached hydrogens (tertiary/aromatic N) is 5. The fourth-order valence-corrected chi connectivity index (χ4v) is 4.21. The largest absolute Gasteiger partial charge is 0.367 e. The second kappa shape index (κ2) is 8.19. The van der Waals surface area contributed by atoms with Gasteiger partial charge >= 0.3 is 0 Å². The minimum absolute atomic E-state index is 0.344. The minimum atomic E-state index is -0.689. The maximum absolute atomic E-state index is 13.5. The molecule has 4 heterocycles. The predicted molar refractivity (Wildman–Crippen MR) is 114 cm³/mol. The molecule has 0 saturated heterocycles. The number of hydrazone groups is 1. The highest BCUT2D eigenvalue weighted by Gasteiger charge is 2.33. The predicted octanol–water partition coefficient (Wildman–Crippen LogP) is 3.02. The number of nitrogens with two attached hydrogens (primary N) is 1. The molecule has 1 amide bonds. The third kappa shape index (κ3) is 4.16. The van der Waals surface area contributed by atoms with Gasteiger partial charge in [-0.25, -0.2) is 4.39 Å². The van der Waals surface area contributed by atoms with Crippen molar-refractivity contribution in [1.82, 2.24) is 20.0 Å². The number of carbonyl (C=O) groups is 1. The minimum Gasteiger partial charge on any atom is -0.367 e. The first-order chi connectivity index (χ1) is 14.4. The van der Waals surface area contributed by atoms with Crippen LogP contribution in [0.4, 0.5) is 4.39 Å². The second-order valence-electron chi connectivity index (χ2n) is 6.96. The molecule has 7 nitrogen and oxygen atoms in total. The van der Waals surface area contributed by atoms with Crippen LogP contribution in [-0.4, -0.2) is 36.3 Å². The molecule has 0 saturated carbocycles. The monoisotopic (exact) mass is 422 g/mol. The molecule has 0 bridgehead atoms. The van der Waals surface area contributed by atoms with Crippen molar-refractivity contribution in [2.45, 2.75) is 25.8 Å². The van der Waals surface area contributed by atoms with Gasteiger partial charge in [0.2, 0.25) is 0 Å². The third-order valence-electron chi connectivity index (χ3n) is 4.56. The van der Waals surface area contributed by atoms with Crippen LogP contribution in [0.1, 0.15) is 22.4 Å². The van der Waals surface area contributed by atoms with E-state index in [-0.39, 0.29) is 0 Å². The number of hydrogen-bond donors (Lipinski definition) is 1. The van der Waals surface area contributed by atoms with Crippen LogP contribution >= 0.6 is 11.8 Å². The smallest absolute Gasteiger partial charge is 0.252 e.